The van der Waals surface area contributed by atoms with Gasteiger partial charge in [0.1, 0.15) is 11.5 Å². The van der Waals surface area contributed by atoms with Crippen LogP contribution in [-0.2, 0) is 4.79 Å². The number of hydrogen-bond acceptors (Lipinski definition) is 3. The summed E-state index contributed by atoms with van der Waals surface area (Å²) in [7, 11) is 3.17. The van der Waals surface area contributed by atoms with Crippen LogP contribution in [0.4, 0.5) is 5.69 Å². The van der Waals surface area contributed by atoms with Gasteiger partial charge in [-0.05, 0) is 36.4 Å². The molecule has 0 heterocycles. The summed E-state index contributed by atoms with van der Waals surface area (Å²) in [6, 6.07) is 12.8. The maximum atomic E-state index is 11.9. The molecule has 1 N–H and O–H groups in total. The Morgan fingerprint density at radius 3 is 2.64 bits per heavy atom. The normalized spacial score (nSPS) is 10.5. The number of methoxy groups -OCH3 is 2. The Bertz CT molecular complexity index is 698. The van der Waals surface area contributed by atoms with Crippen LogP contribution in [0.2, 0.25) is 0 Å². The van der Waals surface area contributed by atoms with Crippen molar-refractivity contribution in [1.82, 2.24) is 0 Å². The molecule has 22 heavy (non-hydrogen) atoms. The Labute approximate surface area is 137 Å². The van der Waals surface area contributed by atoms with Crippen molar-refractivity contribution in [2.75, 3.05) is 19.5 Å². The minimum atomic E-state index is -0.212. The van der Waals surface area contributed by atoms with Crippen LogP contribution in [0, 0.1) is 0 Å². The van der Waals surface area contributed by atoms with E-state index in [1.54, 1.807) is 26.4 Å². The number of benzene rings is 2. The van der Waals surface area contributed by atoms with Gasteiger partial charge >= 0.3 is 0 Å². The summed E-state index contributed by atoms with van der Waals surface area (Å²) in [4.78, 5) is 11.9. The lowest BCUT2D eigenvalue weighted by atomic mass is 10.1. The van der Waals surface area contributed by atoms with Crippen molar-refractivity contribution in [3.05, 3.63) is 58.6 Å². The summed E-state index contributed by atoms with van der Waals surface area (Å²) < 4.78 is 11.3. The Morgan fingerprint density at radius 1 is 1.14 bits per heavy atom. The quantitative estimate of drug-likeness (QED) is 0.814. The minimum absolute atomic E-state index is 0.212. The monoisotopic (exact) mass is 361 g/mol. The molecule has 2 rings (SSSR count). The first-order valence-corrected chi connectivity index (χ1v) is 7.38. The lowest BCUT2D eigenvalue weighted by Gasteiger charge is -2.07. The zero-order chi connectivity index (χ0) is 15.9. The second kappa shape index (κ2) is 7.66. The molecule has 0 aliphatic rings. The topological polar surface area (TPSA) is 47.6 Å². The Balaban J connectivity index is 2.09. The first-order chi connectivity index (χ1) is 10.6. The van der Waals surface area contributed by atoms with Gasteiger partial charge in [-0.25, -0.2) is 0 Å². The van der Waals surface area contributed by atoms with Gasteiger partial charge in [-0.3, -0.25) is 4.79 Å². The largest absolute Gasteiger partial charge is 0.497 e. The van der Waals surface area contributed by atoms with Gasteiger partial charge < -0.3 is 14.8 Å². The summed E-state index contributed by atoms with van der Waals surface area (Å²) in [5.74, 6) is 1.13. The number of nitrogens with one attached hydrogen (secondary N) is 1. The maximum absolute atomic E-state index is 11.9. The van der Waals surface area contributed by atoms with Gasteiger partial charge in [0.15, 0.2) is 0 Å². The molecular formula is C17H16BrNO3. The van der Waals surface area contributed by atoms with Gasteiger partial charge in [0, 0.05) is 27.9 Å². The van der Waals surface area contributed by atoms with E-state index in [9.17, 15) is 4.79 Å². The van der Waals surface area contributed by atoms with Crippen molar-refractivity contribution < 1.29 is 14.3 Å². The van der Waals surface area contributed by atoms with Crippen molar-refractivity contribution in [3.8, 4) is 11.5 Å². The summed E-state index contributed by atoms with van der Waals surface area (Å²) in [6.07, 6.45) is 3.16. The van der Waals surface area contributed by atoms with E-state index in [0.29, 0.717) is 11.5 Å². The second-order valence-corrected chi connectivity index (χ2v) is 5.36. The third kappa shape index (κ3) is 4.36. The van der Waals surface area contributed by atoms with Crippen molar-refractivity contribution in [1.29, 1.82) is 0 Å². The molecule has 0 aliphatic heterocycles. The second-order valence-electron chi connectivity index (χ2n) is 4.44. The molecule has 0 unspecified atom stereocenters. The molecule has 5 heteroatoms. The average molecular weight is 362 g/mol. The van der Waals surface area contributed by atoms with E-state index < -0.39 is 0 Å². The molecule has 4 nitrogen and oxygen atoms in total. The van der Waals surface area contributed by atoms with Gasteiger partial charge in [0.25, 0.3) is 0 Å². The summed E-state index contributed by atoms with van der Waals surface area (Å²) in [5.41, 5.74) is 1.53. The third-order valence-electron chi connectivity index (χ3n) is 2.95. The summed E-state index contributed by atoms with van der Waals surface area (Å²) in [5, 5.41) is 2.79. The number of carbonyl (C=O) groups excluding carboxylic acids is 1. The smallest absolute Gasteiger partial charge is 0.248 e. The van der Waals surface area contributed by atoms with Gasteiger partial charge in [-0.1, -0.05) is 22.0 Å². The van der Waals surface area contributed by atoms with E-state index in [4.69, 9.17) is 9.47 Å². The lowest BCUT2D eigenvalue weighted by Crippen LogP contribution is -2.07. The molecule has 2 aromatic rings. The van der Waals surface area contributed by atoms with Crippen LogP contribution in [0.3, 0.4) is 0 Å². The highest BCUT2D eigenvalue weighted by Gasteiger charge is 2.03. The third-order valence-corrected chi connectivity index (χ3v) is 3.44. The molecule has 0 aromatic heterocycles. The van der Waals surface area contributed by atoms with Gasteiger partial charge in [-0.2, -0.15) is 0 Å². The van der Waals surface area contributed by atoms with Crippen molar-refractivity contribution >= 4 is 33.6 Å². The zero-order valence-electron chi connectivity index (χ0n) is 12.3. The highest BCUT2D eigenvalue weighted by molar-refractivity contribution is 9.10. The predicted molar refractivity (Wildman–Crippen MR) is 91.4 cm³/mol. The maximum Gasteiger partial charge on any atom is 0.248 e. The van der Waals surface area contributed by atoms with Crippen LogP contribution in [0.15, 0.2) is 53.0 Å². The van der Waals surface area contributed by atoms with E-state index in [2.05, 4.69) is 21.2 Å². The van der Waals surface area contributed by atoms with Crippen LogP contribution in [-0.4, -0.2) is 20.1 Å². The predicted octanol–water partition coefficient (Wildman–Crippen LogP) is 4.12. The average Bonchev–Trinajstić information content (AvgIpc) is 2.52. The highest BCUT2D eigenvalue weighted by Crippen LogP contribution is 2.25. The molecular weight excluding hydrogens is 346 g/mol. The molecule has 0 saturated carbocycles. The zero-order valence-corrected chi connectivity index (χ0v) is 13.9. The van der Waals surface area contributed by atoms with Crippen LogP contribution >= 0.6 is 15.9 Å². The van der Waals surface area contributed by atoms with Crippen LogP contribution in [0.1, 0.15) is 5.56 Å². The number of rotatable bonds is 5. The number of ether oxygens (including phenoxy) is 2. The van der Waals surface area contributed by atoms with Crippen LogP contribution < -0.4 is 14.8 Å². The van der Waals surface area contributed by atoms with Crippen LogP contribution in [0.5, 0.6) is 11.5 Å². The number of carbonyl (C=O) groups is 1. The first-order valence-electron chi connectivity index (χ1n) is 6.59. The molecule has 0 saturated heterocycles. The van der Waals surface area contributed by atoms with Gasteiger partial charge in [-0.15, -0.1) is 0 Å². The van der Waals surface area contributed by atoms with Crippen molar-refractivity contribution in [2.24, 2.45) is 0 Å². The van der Waals surface area contributed by atoms with E-state index >= 15 is 0 Å². The molecule has 0 bridgehead atoms. The SMILES string of the molecule is COc1ccc(/C=C/C(=O)Nc2cccc(Br)c2)c(OC)c1. The Hall–Kier alpha value is -2.27. The summed E-state index contributed by atoms with van der Waals surface area (Å²) >= 11 is 3.36. The number of hydrogen-bond donors (Lipinski definition) is 1. The Kier molecular flexibility index (Phi) is 5.61. The van der Waals surface area contributed by atoms with E-state index in [0.717, 1.165) is 15.7 Å². The Morgan fingerprint density at radius 2 is 1.95 bits per heavy atom. The van der Waals surface area contributed by atoms with Crippen LogP contribution in [0.25, 0.3) is 6.08 Å². The molecule has 0 fully saturated rings. The first kappa shape index (κ1) is 16.1. The standard InChI is InChI=1S/C17H16BrNO3/c1-21-15-8-6-12(16(11-15)22-2)7-9-17(20)19-14-5-3-4-13(18)10-14/h3-11H,1-2H3,(H,19,20)/b9-7+. The molecule has 0 aliphatic carbocycles. The molecule has 0 atom stereocenters. The fraction of sp³-hybridized carbons (Fsp3) is 0.118. The highest BCUT2D eigenvalue weighted by atomic mass is 79.9. The molecule has 114 valence electrons. The number of anilines is 1. The fourth-order valence-corrected chi connectivity index (χ4v) is 2.27. The van der Waals surface area contributed by atoms with E-state index in [-0.39, 0.29) is 5.91 Å². The van der Waals surface area contributed by atoms with Crippen molar-refractivity contribution in [3.63, 3.8) is 0 Å². The van der Waals surface area contributed by atoms with Gasteiger partial charge in [0.2, 0.25) is 5.91 Å². The number of amides is 1. The lowest BCUT2D eigenvalue weighted by molar-refractivity contribution is -0.111. The minimum Gasteiger partial charge on any atom is -0.497 e. The molecule has 2 aromatic carbocycles. The van der Waals surface area contributed by atoms with Gasteiger partial charge in [0.05, 0.1) is 14.2 Å². The fourth-order valence-electron chi connectivity index (χ4n) is 1.87. The van der Waals surface area contributed by atoms with E-state index in [1.165, 1.54) is 6.08 Å². The van der Waals surface area contributed by atoms with E-state index in [1.807, 2.05) is 36.4 Å². The number of halogens is 1. The summed E-state index contributed by atoms with van der Waals surface area (Å²) in [6.45, 7) is 0. The molecule has 1 amide bonds. The van der Waals surface area contributed by atoms with Crippen molar-refractivity contribution in [2.45, 2.75) is 0 Å². The molecule has 0 spiro atoms. The molecule has 0 radical (unpaired) electrons.